The standard InChI is InChI=1S/C22H22N2O/c1-17-6-5-9-21(14-17)24-22(25)15-18-10-12-20(13-11-18)23-16-19-7-3-2-4-8-19/h2-14,23H,15-16H2,1H3,(H,24,25). The van der Waals surface area contributed by atoms with Gasteiger partial charge in [-0.25, -0.2) is 0 Å². The van der Waals surface area contributed by atoms with Crippen LogP contribution < -0.4 is 10.6 Å². The molecule has 0 heterocycles. The maximum atomic E-state index is 12.2. The minimum atomic E-state index is -0.00408. The van der Waals surface area contributed by atoms with E-state index in [4.69, 9.17) is 0 Å². The number of amides is 1. The molecule has 3 rings (SSSR count). The van der Waals surface area contributed by atoms with Crippen LogP contribution in [0.5, 0.6) is 0 Å². The minimum Gasteiger partial charge on any atom is -0.381 e. The van der Waals surface area contributed by atoms with Crippen LogP contribution in [0.4, 0.5) is 11.4 Å². The number of hydrogen-bond acceptors (Lipinski definition) is 2. The first-order chi connectivity index (χ1) is 12.2. The SMILES string of the molecule is Cc1cccc(NC(=O)Cc2ccc(NCc3ccccc3)cc2)c1. The summed E-state index contributed by atoms with van der Waals surface area (Å²) in [6, 6.07) is 26.1. The highest BCUT2D eigenvalue weighted by atomic mass is 16.1. The van der Waals surface area contributed by atoms with Gasteiger partial charge in [-0.2, -0.15) is 0 Å². The molecular weight excluding hydrogens is 308 g/mol. The van der Waals surface area contributed by atoms with Crippen LogP contribution in [0, 0.1) is 6.92 Å². The molecule has 3 heteroatoms. The van der Waals surface area contributed by atoms with Gasteiger partial charge in [0.05, 0.1) is 6.42 Å². The normalized spacial score (nSPS) is 10.3. The Hall–Kier alpha value is -3.07. The predicted octanol–water partition coefficient (Wildman–Crippen LogP) is 4.79. The van der Waals surface area contributed by atoms with Crippen molar-refractivity contribution in [1.29, 1.82) is 0 Å². The molecule has 0 atom stereocenters. The smallest absolute Gasteiger partial charge is 0.228 e. The van der Waals surface area contributed by atoms with E-state index in [0.29, 0.717) is 6.42 Å². The summed E-state index contributed by atoms with van der Waals surface area (Å²) >= 11 is 0. The number of carbonyl (C=O) groups is 1. The van der Waals surface area contributed by atoms with E-state index in [9.17, 15) is 4.79 Å². The fourth-order valence-corrected chi connectivity index (χ4v) is 2.65. The fourth-order valence-electron chi connectivity index (χ4n) is 2.65. The number of carbonyl (C=O) groups excluding carboxylic acids is 1. The Labute approximate surface area is 148 Å². The maximum absolute atomic E-state index is 12.2. The number of aryl methyl sites for hydroxylation is 1. The molecule has 0 fully saturated rings. The third-order valence-electron chi connectivity index (χ3n) is 3.96. The van der Waals surface area contributed by atoms with Gasteiger partial charge in [-0.05, 0) is 47.9 Å². The summed E-state index contributed by atoms with van der Waals surface area (Å²) in [5, 5.41) is 6.32. The molecule has 0 aliphatic rings. The minimum absolute atomic E-state index is 0.00408. The van der Waals surface area contributed by atoms with Crippen LogP contribution in [0.3, 0.4) is 0 Å². The molecule has 1 amide bonds. The molecule has 0 unspecified atom stereocenters. The summed E-state index contributed by atoms with van der Waals surface area (Å²) in [6.07, 6.45) is 0.368. The molecule has 3 nitrogen and oxygen atoms in total. The van der Waals surface area contributed by atoms with E-state index in [1.807, 2.05) is 73.7 Å². The summed E-state index contributed by atoms with van der Waals surface area (Å²) in [7, 11) is 0. The van der Waals surface area contributed by atoms with Gasteiger partial charge in [0.2, 0.25) is 5.91 Å². The van der Waals surface area contributed by atoms with E-state index in [-0.39, 0.29) is 5.91 Å². The van der Waals surface area contributed by atoms with E-state index in [2.05, 4.69) is 22.8 Å². The Morgan fingerprint density at radius 3 is 2.28 bits per heavy atom. The molecule has 0 aliphatic heterocycles. The lowest BCUT2D eigenvalue weighted by Crippen LogP contribution is -2.14. The Balaban J connectivity index is 1.52. The average molecular weight is 330 g/mol. The van der Waals surface area contributed by atoms with Gasteiger partial charge in [-0.15, -0.1) is 0 Å². The Bertz CT molecular complexity index is 826. The average Bonchev–Trinajstić information content (AvgIpc) is 2.62. The third-order valence-corrected chi connectivity index (χ3v) is 3.96. The van der Waals surface area contributed by atoms with E-state index in [1.54, 1.807) is 0 Å². The number of hydrogen-bond donors (Lipinski definition) is 2. The Morgan fingerprint density at radius 1 is 0.800 bits per heavy atom. The molecule has 126 valence electrons. The molecule has 0 aliphatic carbocycles. The van der Waals surface area contributed by atoms with Gasteiger partial charge >= 0.3 is 0 Å². The first kappa shape index (κ1) is 16.8. The zero-order chi connectivity index (χ0) is 17.5. The van der Waals surface area contributed by atoms with Crippen LogP contribution in [-0.4, -0.2) is 5.91 Å². The van der Waals surface area contributed by atoms with Gasteiger partial charge in [-0.1, -0.05) is 54.6 Å². The fraction of sp³-hybridized carbons (Fsp3) is 0.136. The molecule has 25 heavy (non-hydrogen) atoms. The van der Waals surface area contributed by atoms with Crippen molar-refractivity contribution >= 4 is 17.3 Å². The maximum Gasteiger partial charge on any atom is 0.228 e. The first-order valence-corrected chi connectivity index (χ1v) is 8.42. The zero-order valence-corrected chi connectivity index (χ0v) is 14.3. The van der Waals surface area contributed by atoms with Gasteiger partial charge in [0.15, 0.2) is 0 Å². The Kier molecular flexibility index (Phi) is 5.47. The Morgan fingerprint density at radius 2 is 1.56 bits per heavy atom. The zero-order valence-electron chi connectivity index (χ0n) is 14.3. The topological polar surface area (TPSA) is 41.1 Å². The van der Waals surface area contributed by atoms with Crippen LogP contribution in [0.1, 0.15) is 16.7 Å². The summed E-state index contributed by atoms with van der Waals surface area (Å²) in [5.74, 6) is -0.00408. The lowest BCUT2D eigenvalue weighted by Gasteiger charge is -2.09. The van der Waals surface area contributed by atoms with Crippen LogP contribution in [0.25, 0.3) is 0 Å². The predicted molar refractivity (Wildman–Crippen MR) is 104 cm³/mol. The second-order valence-corrected chi connectivity index (χ2v) is 6.13. The van der Waals surface area contributed by atoms with Crippen molar-refractivity contribution in [1.82, 2.24) is 0 Å². The second-order valence-electron chi connectivity index (χ2n) is 6.13. The molecule has 0 saturated heterocycles. The van der Waals surface area contributed by atoms with Crippen LogP contribution >= 0.6 is 0 Å². The molecule has 3 aromatic carbocycles. The third kappa shape index (κ3) is 5.21. The van der Waals surface area contributed by atoms with Gasteiger partial charge in [0.25, 0.3) is 0 Å². The lowest BCUT2D eigenvalue weighted by molar-refractivity contribution is -0.115. The van der Waals surface area contributed by atoms with Gasteiger partial charge in [0, 0.05) is 17.9 Å². The quantitative estimate of drug-likeness (QED) is 0.682. The van der Waals surface area contributed by atoms with Gasteiger partial charge in [0.1, 0.15) is 0 Å². The number of nitrogens with one attached hydrogen (secondary N) is 2. The molecule has 3 aromatic rings. The van der Waals surface area contributed by atoms with E-state index in [0.717, 1.165) is 29.0 Å². The second kappa shape index (κ2) is 8.15. The molecule has 2 N–H and O–H groups in total. The van der Waals surface area contributed by atoms with Gasteiger partial charge < -0.3 is 10.6 Å². The van der Waals surface area contributed by atoms with Crippen molar-refractivity contribution in [2.75, 3.05) is 10.6 Å². The molecule has 0 radical (unpaired) electrons. The number of rotatable bonds is 6. The molecule has 0 saturated carbocycles. The molecule has 0 aromatic heterocycles. The molecular formula is C22H22N2O. The van der Waals surface area contributed by atoms with Crippen molar-refractivity contribution in [2.24, 2.45) is 0 Å². The summed E-state index contributed by atoms with van der Waals surface area (Å²) in [6.45, 7) is 2.80. The van der Waals surface area contributed by atoms with E-state index >= 15 is 0 Å². The lowest BCUT2D eigenvalue weighted by atomic mass is 10.1. The molecule has 0 bridgehead atoms. The summed E-state index contributed by atoms with van der Waals surface area (Å²) < 4.78 is 0. The van der Waals surface area contributed by atoms with Crippen LogP contribution in [0.15, 0.2) is 78.9 Å². The first-order valence-electron chi connectivity index (χ1n) is 8.42. The monoisotopic (exact) mass is 330 g/mol. The van der Waals surface area contributed by atoms with Gasteiger partial charge in [-0.3, -0.25) is 4.79 Å². The van der Waals surface area contributed by atoms with Crippen molar-refractivity contribution in [2.45, 2.75) is 19.9 Å². The van der Waals surface area contributed by atoms with Crippen molar-refractivity contribution in [3.05, 3.63) is 95.6 Å². The summed E-state index contributed by atoms with van der Waals surface area (Å²) in [5.41, 5.74) is 5.25. The largest absolute Gasteiger partial charge is 0.381 e. The van der Waals surface area contributed by atoms with Crippen LogP contribution in [0.2, 0.25) is 0 Å². The van der Waals surface area contributed by atoms with Crippen molar-refractivity contribution < 1.29 is 4.79 Å². The van der Waals surface area contributed by atoms with Crippen molar-refractivity contribution in [3.63, 3.8) is 0 Å². The van der Waals surface area contributed by atoms with Crippen LogP contribution in [-0.2, 0) is 17.8 Å². The highest BCUT2D eigenvalue weighted by Crippen LogP contribution is 2.14. The number of anilines is 2. The highest BCUT2D eigenvalue weighted by molar-refractivity contribution is 5.92. The summed E-state index contributed by atoms with van der Waals surface area (Å²) in [4.78, 5) is 12.2. The number of benzene rings is 3. The van der Waals surface area contributed by atoms with Crippen molar-refractivity contribution in [3.8, 4) is 0 Å². The highest BCUT2D eigenvalue weighted by Gasteiger charge is 2.04. The van der Waals surface area contributed by atoms with E-state index < -0.39 is 0 Å². The molecule has 0 spiro atoms. The van der Waals surface area contributed by atoms with E-state index in [1.165, 1.54) is 5.56 Å².